The molecular formula is C11H21NO. The molecule has 0 aliphatic heterocycles. The molecule has 0 heterocycles. The number of likely N-dealkylation sites (N-methyl/N-ethyl adjacent to an activating group) is 1. The second-order valence-corrected chi connectivity index (χ2v) is 4.52. The molecule has 0 bridgehead atoms. The van der Waals surface area contributed by atoms with Crippen LogP contribution in [-0.4, -0.2) is 23.8 Å². The molecule has 2 nitrogen and oxygen atoms in total. The van der Waals surface area contributed by atoms with Gasteiger partial charge in [0.25, 0.3) is 0 Å². The summed E-state index contributed by atoms with van der Waals surface area (Å²) in [6.45, 7) is 7.99. The fourth-order valence-corrected chi connectivity index (χ4v) is 2.17. The van der Waals surface area contributed by atoms with Crippen molar-refractivity contribution in [2.24, 2.45) is 5.92 Å². The van der Waals surface area contributed by atoms with Crippen LogP contribution in [0.1, 0.15) is 33.1 Å². The number of aliphatic hydroxyl groups is 1. The number of rotatable bonds is 2. The summed E-state index contributed by atoms with van der Waals surface area (Å²) in [6.07, 6.45) is 2.95. The Morgan fingerprint density at radius 1 is 1.62 bits per heavy atom. The molecule has 1 aliphatic rings. The van der Waals surface area contributed by atoms with E-state index in [0.29, 0.717) is 5.92 Å². The van der Waals surface area contributed by atoms with Crippen molar-refractivity contribution in [1.82, 2.24) is 5.32 Å². The molecule has 76 valence electrons. The van der Waals surface area contributed by atoms with Gasteiger partial charge in [0.2, 0.25) is 0 Å². The van der Waals surface area contributed by atoms with E-state index in [0.717, 1.165) is 19.3 Å². The first-order chi connectivity index (χ1) is 5.97. The van der Waals surface area contributed by atoms with Crippen LogP contribution >= 0.6 is 0 Å². The van der Waals surface area contributed by atoms with Gasteiger partial charge >= 0.3 is 0 Å². The van der Waals surface area contributed by atoms with E-state index < -0.39 is 5.60 Å². The highest BCUT2D eigenvalue weighted by atomic mass is 16.3. The Labute approximate surface area is 81.0 Å². The Morgan fingerprint density at radius 2 is 2.23 bits per heavy atom. The SMILES string of the molecule is C=C(C)C1CCC(C)(O)C(NC)C1. The molecular weight excluding hydrogens is 162 g/mol. The quantitative estimate of drug-likeness (QED) is 0.639. The van der Waals surface area contributed by atoms with Crippen molar-refractivity contribution in [2.75, 3.05) is 7.05 Å². The molecule has 1 fully saturated rings. The van der Waals surface area contributed by atoms with Crippen LogP contribution in [0.2, 0.25) is 0 Å². The van der Waals surface area contributed by atoms with Crippen LogP contribution in [0.4, 0.5) is 0 Å². The van der Waals surface area contributed by atoms with Crippen LogP contribution in [0, 0.1) is 5.92 Å². The third-order valence-electron chi connectivity index (χ3n) is 3.32. The second kappa shape index (κ2) is 3.81. The first-order valence-electron chi connectivity index (χ1n) is 5.02. The average molecular weight is 183 g/mol. The second-order valence-electron chi connectivity index (χ2n) is 4.52. The Kier molecular flexibility index (Phi) is 3.14. The molecule has 3 unspecified atom stereocenters. The summed E-state index contributed by atoms with van der Waals surface area (Å²) >= 11 is 0. The van der Waals surface area contributed by atoms with Crippen molar-refractivity contribution in [3.05, 3.63) is 12.2 Å². The van der Waals surface area contributed by atoms with Crippen molar-refractivity contribution in [2.45, 2.75) is 44.8 Å². The van der Waals surface area contributed by atoms with Gasteiger partial charge in [0, 0.05) is 6.04 Å². The van der Waals surface area contributed by atoms with E-state index in [9.17, 15) is 5.11 Å². The Hall–Kier alpha value is -0.340. The van der Waals surface area contributed by atoms with Gasteiger partial charge in [-0.05, 0) is 46.1 Å². The molecule has 2 N–H and O–H groups in total. The van der Waals surface area contributed by atoms with Gasteiger partial charge in [-0.3, -0.25) is 0 Å². The van der Waals surface area contributed by atoms with Crippen molar-refractivity contribution in [3.63, 3.8) is 0 Å². The molecule has 0 aromatic carbocycles. The number of hydrogen-bond acceptors (Lipinski definition) is 2. The zero-order chi connectivity index (χ0) is 10.1. The van der Waals surface area contributed by atoms with Crippen molar-refractivity contribution in [3.8, 4) is 0 Å². The van der Waals surface area contributed by atoms with E-state index in [-0.39, 0.29) is 6.04 Å². The van der Waals surface area contributed by atoms with E-state index >= 15 is 0 Å². The normalized spacial score (nSPS) is 40.3. The number of hydrogen-bond donors (Lipinski definition) is 2. The third kappa shape index (κ3) is 2.32. The zero-order valence-corrected chi connectivity index (χ0v) is 8.93. The number of nitrogens with one attached hydrogen (secondary N) is 1. The van der Waals surface area contributed by atoms with Crippen molar-refractivity contribution in [1.29, 1.82) is 0 Å². The molecule has 0 radical (unpaired) electrons. The van der Waals surface area contributed by atoms with Crippen LogP contribution in [0.25, 0.3) is 0 Å². The summed E-state index contributed by atoms with van der Waals surface area (Å²) < 4.78 is 0. The van der Waals surface area contributed by atoms with Gasteiger partial charge in [0.1, 0.15) is 0 Å². The maximum absolute atomic E-state index is 10.0. The molecule has 0 amide bonds. The van der Waals surface area contributed by atoms with Gasteiger partial charge in [-0.25, -0.2) is 0 Å². The van der Waals surface area contributed by atoms with E-state index in [1.807, 2.05) is 14.0 Å². The molecule has 0 aromatic rings. The van der Waals surface area contributed by atoms with E-state index in [1.165, 1.54) is 5.57 Å². The fourth-order valence-electron chi connectivity index (χ4n) is 2.17. The molecule has 0 spiro atoms. The van der Waals surface area contributed by atoms with Gasteiger partial charge < -0.3 is 10.4 Å². The van der Waals surface area contributed by atoms with Crippen LogP contribution in [-0.2, 0) is 0 Å². The highest BCUT2D eigenvalue weighted by molar-refractivity contribution is 5.04. The van der Waals surface area contributed by atoms with Crippen LogP contribution in [0.3, 0.4) is 0 Å². The topological polar surface area (TPSA) is 32.3 Å². The first-order valence-corrected chi connectivity index (χ1v) is 5.02. The van der Waals surface area contributed by atoms with E-state index in [2.05, 4.69) is 18.8 Å². The lowest BCUT2D eigenvalue weighted by Crippen LogP contribution is -2.51. The van der Waals surface area contributed by atoms with Crippen LogP contribution < -0.4 is 5.32 Å². The predicted molar refractivity (Wildman–Crippen MR) is 55.6 cm³/mol. The molecule has 13 heavy (non-hydrogen) atoms. The summed E-state index contributed by atoms with van der Waals surface area (Å²) in [5.41, 5.74) is 0.705. The van der Waals surface area contributed by atoms with Crippen LogP contribution in [0.5, 0.6) is 0 Å². The highest BCUT2D eigenvalue weighted by Crippen LogP contribution is 2.34. The van der Waals surface area contributed by atoms with Gasteiger partial charge in [-0.1, -0.05) is 12.2 Å². The summed E-state index contributed by atoms with van der Waals surface area (Å²) in [5, 5.41) is 13.2. The first kappa shape index (κ1) is 10.7. The maximum atomic E-state index is 10.0. The van der Waals surface area contributed by atoms with Gasteiger partial charge in [0.05, 0.1) is 5.60 Å². The molecule has 0 aromatic heterocycles. The van der Waals surface area contributed by atoms with E-state index in [1.54, 1.807) is 0 Å². The molecule has 2 heteroatoms. The fraction of sp³-hybridized carbons (Fsp3) is 0.818. The third-order valence-corrected chi connectivity index (χ3v) is 3.32. The minimum absolute atomic E-state index is 0.211. The summed E-state index contributed by atoms with van der Waals surface area (Å²) in [6, 6.07) is 0.211. The van der Waals surface area contributed by atoms with Gasteiger partial charge in [-0.15, -0.1) is 0 Å². The van der Waals surface area contributed by atoms with E-state index in [4.69, 9.17) is 0 Å². The van der Waals surface area contributed by atoms with Crippen molar-refractivity contribution >= 4 is 0 Å². The molecule has 1 rings (SSSR count). The molecule has 0 saturated heterocycles. The standard InChI is InChI=1S/C11H21NO/c1-8(2)9-5-6-11(3,13)10(7-9)12-4/h9-10,12-13H,1,5-7H2,2-4H3. The Morgan fingerprint density at radius 3 is 2.69 bits per heavy atom. The largest absolute Gasteiger partial charge is 0.389 e. The molecule has 1 saturated carbocycles. The number of allylic oxidation sites excluding steroid dienone is 1. The summed E-state index contributed by atoms with van der Waals surface area (Å²) in [7, 11) is 1.92. The lowest BCUT2D eigenvalue weighted by atomic mass is 9.74. The lowest BCUT2D eigenvalue weighted by Gasteiger charge is -2.41. The highest BCUT2D eigenvalue weighted by Gasteiger charge is 2.37. The van der Waals surface area contributed by atoms with Gasteiger partial charge in [0.15, 0.2) is 0 Å². The Bertz CT molecular complexity index is 198. The average Bonchev–Trinajstić information content (AvgIpc) is 2.03. The lowest BCUT2D eigenvalue weighted by molar-refractivity contribution is -0.0173. The minimum Gasteiger partial charge on any atom is -0.389 e. The zero-order valence-electron chi connectivity index (χ0n) is 8.93. The van der Waals surface area contributed by atoms with Crippen molar-refractivity contribution < 1.29 is 5.11 Å². The predicted octanol–water partition coefficient (Wildman–Crippen LogP) is 1.70. The monoisotopic (exact) mass is 183 g/mol. The molecule has 3 atom stereocenters. The smallest absolute Gasteiger partial charge is 0.0772 e. The van der Waals surface area contributed by atoms with Gasteiger partial charge in [-0.2, -0.15) is 0 Å². The summed E-state index contributed by atoms with van der Waals surface area (Å²) in [4.78, 5) is 0. The Balaban J connectivity index is 2.63. The summed E-state index contributed by atoms with van der Waals surface area (Å²) in [5.74, 6) is 0.581. The maximum Gasteiger partial charge on any atom is 0.0772 e. The minimum atomic E-state index is -0.541. The van der Waals surface area contributed by atoms with Crippen LogP contribution in [0.15, 0.2) is 12.2 Å². The molecule has 1 aliphatic carbocycles.